The average molecular weight is 809 g/mol. The second-order valence-corrected chi connectivity index (χ2v) is 15.3. The van der Waals surface area contributed by atoms with E-state index in [1.165, 1.54) is 0 Å². The van der Waals surface area contributed by atoms with Crippen molar-refractivity contribution in [3.8, 4) is 79.0 Å². The van der Waals surface area contributed by atoms with Gasteiger partial charge in [-0.05, 0) is 83.8 Å². The van der Waals surface area contributed by atoms with Gasteiger partial charge in [0.2, 0.25) is 0 Å². The summed E-state index contributed by atoms with van der Waals surface area (Å²) in [5.74, 6) is 0.551. The number of aromatic nitrogens is 3. The summed E-state index contributed by atoms with van der Waals surface area (Å²) in [7, 11) is 0. The Hall–Kier alpha value is -8.08. The number of nitrogens with zero attached hydrogens (tertiary/aromatic N) is 4. The van der Waals surface area contributed by atoms with Crippen LogP contribution in [0.2, 0.25) is 0 Å². The van der Waals surface area contributed by atoms with Gasteiger partial charge in [0.25, 0.3) is 0 Å². The zero-order valence-corrected chi connectivity index (χ0v) is 33.4. The van der Waals surface area contributed by atoms with Crippen LogP contribution in [0.25, 0.3) is 94.8 Å². The third-order valence-corrected chi connectivity index (χ3v) is 11.4. The first-order valence-corrected chi connectivity index (χ1v) is 20.2. The van der Waals surface area contributed by atoms with Gasteiger partial charge in [0.1, 0.15) is 0 Å². The molecule has 0 bridgehead atoms. The standard InChI is InChI=1S/C55H35F3N4/c1-35-20-22-36(23-21-35)46-31-42(50-33-49(38-12-4-2-5-13-38)60-54(61-50)39-14-6-3-7-15-39)32-47(37-24-27-43(28-25-37)55(56,57)58)53(46)62-51-19-11-10-18-45(51)48-30-40(26-29-52(48)62)44-17-9-8-16-41(44)34-59/h2-33H,1H3. The van der Waals surface area contributed by atoms with Gasteiger partial charge < -0.3 is 4.57 Å². The average Bonchev–Trinajstić information content (AvgIpc) is 3.64. The van der Waals surface area contributed by atoms with Crippen molar-refractivity contribution < 1.29 is 13.2 Å². The first-order chi connectivity index (χ1) is 30.2. The van der Waals surface area contributed by atoms with Gasteiger partial charge in [-0.1, -0.05) is 145 Å². The quantitative estimate of drug-likeness (QED) is 0.161. The highest BCUT2D eigenvalue weighted by Gasteiger charge is 2.30. The summed E-state index contributed by atoms with van der Waals surface area (Å²) in [5.41, 5.74) is 12.4. The van der Waals surface area contributed by atoms with Crippen molar-refractivity contribution in [2.75, 3.05) is 0 Å². The smallest absolute Gasteiger partial charge is 0.308 e. The number of hydrogen-bond acceptors (Lipinski definition) is 3. The van der Waals surface area contributed by atoms with Crippen molar-refractivity contribution in [2.24, 2.45) is 0 Å². The third-order valence-electron chi connectivity index (χ3n) is 11.4. The lowest BCUT2D eigenvalue weighted by atomic mass is 9.91. The molecule has 8 aromatic carbocycles. The number of aryl methyl sites for hydroxylation is 1. The van der Waals surface area contributed by atoms with E-state index in [4.69, 9.17) is 9.97 Å². The predicted octanol–water partition coefficient (Wildman–Crippen LogP) is 14.8. The maximum absolute atomic E-state index is 14.1. The molecule has 296 valence electrons. The molecule has 0 radical (unpaired) electrons. The number of alkyl halides is 3. The second kappa shape index (κ2) is 15.5. The number of nitriles is 1. The molecular formula is C55H35F3N4. The number of hydrogen-bond donors (Lipinski definition) is 0. The summed E-state index contributed by atoms with van der Waals surface area (Å²) in [5, 5.41) is 12.0. The van der Waals surface area contributed by atoms with Crippen molar-refractivity contribution in [2.45, 2.75) is 13.1 Å². The van der Waals surface area contributed by atoms with Crippen LogP contribution in [0.3, 0.4) is 0 Å². The van der Waals surface area contributed by atoms with Gasteiger partial charge in [0, 0.05) is 38.6 Å². The fraction of sp³-hybridized carbons (Fsp3) is 0.0364. The van der Waals surface area contributed by atoms with Crippen molar-refractivity contribution >= 4 is 21.8 Å². The van der Waals surface area contributed by atoms with E-state index in [9.17, 15) is 18.4 Å². The molecule has 4 nitrogen and oxygen atoms in total. The van der Waals surface area contributed by atoms with E-state index in [0.29, 0.717) is 22.6 Å². The number of para-hydroxylation sites is 1. The predicted molar refractivity (Wildman–Crippen MR) is 243 cm³/mol. The molecule has 0 spiro atoms. The summed E-state index contributed by atoms with van der Waals surface area (Å²) in [6, 6.07) is 63.9. The van der Waals surface area contributed by atoms with Crippen molar-refractivity contribution in [3.63, 3.8) is 0 Å². The summed E-state index contributed by atoms with van der Waals surface area (Å²) in [6.07, 6.45) is -4.51. The minimum absolute atomic E-state index is 0.551. The molecule has 0 N–H and O–H groups in total. The lowest BCUT2D eigenvalue weighted by Crippen LogP contribution is -2.05. The van der Waals surface area contributed by atoms with E-state index in [1.807, 2.05) is 122 Å². The van der Waals surface area contributed by atoms with Crippen LogP contribution in [0.5, 0.6) is 0 Å². The first kappa shape index (κ1) is 38.1. The molecule has 10 rings (SSSR count). The number of rotatable bonds is 7. The molecule has 62 heavy (non-hydrogen) atoms. The first-order valence-electron chi connectivity index (χ1n) is 20.2. The fourth-order valence-electron chi connectivity index (χ4n) is 8.32. The molecule has 0 amide bonds. The lowest BCUT2D eigenvalue weighted by Gasteiger charge is -2.22. The summed E-state index contributed by atoms with van der Waals surface area (Å²) < 4.78 is 44.5. The largest absolute Gasteiger partial charge is 0.416 e. The van der Waals surface area contributed by atoms with Crippen molar-refractivity contribution in [1.82, 2.24) is 14.5 Å². The van der Waals surface area contributed by atoms with Crippen LogP contribution in [0.4, 0.5) is 13.2 Å². The Balaban J connectivity index is 1.31. The van der Waals surface area contributed by atoms with Crippen LogP contribution < -0.4 is 0 Å². The van der Waals surface area contributed by atoms with Gasteiger partial charge in [0.15, 0.2) is 5.82 Å². The van der Waals surface area contributed by atoms with Gasteiger partial charge in [-0.25, -0.2) is 9.97 Å². The van der Waals surface area contributed by atoms with Crippen molar-refractivity contribution in [3.05, 3.63) is 211 Å². The van der Waals surface area contributed by atoms with Gasteiger partial charge >= 0.3 is 6.18 Å². The molecule has 0 fully saturated rings. The highest BCUT2D eigenvalue weighted by Crippen LogP contribution is 2.45. The Labute approximate surface area is 356 Å². The van der Waals surface area contributed by atoms with Gasteiger partial charge in [0.05, 0.1) is 45.3 Å². The minimum Gasteiger partial charge on any atom is -0.308 e. The molecule has 7 heteroatoms. The maximum Gasteiger partial charge on any atom is 0.416 e. The molecular weight excluding hydrogens is 774 g/mol. The van der Waals surface area contributed by atoms with Crippen LogP contribution in [-0.4, -0.2) is 14.5 Å². The van der Waals surface area contributed by atoms with Crippen molar-refractivity contribution in [1.29, 1.82) is 5.26 Å². The number of fused-ring (bicyclic) bond motifs is 3. The van der Waals surface area contributed by atoms with Gasteiger partial charge in [-0.15, -0.1) is 0 Å². The van der Waals surface area contributed by atoms with Gasteiger partial charge in [-0.2, -0.15) is 18.4 Å². The van der Waals surface area contributed by atoms with E-state index >= 15 is 0 Å². The van der Waals surface area contributed by atoms with E-state index in [2.05, 4.69) is 65.2 Å². The van der Waals surface area contributed by atoms with Crippen LogP contribution in [0, 0.1) is 18.3 Å². The zero-order valence-electron chi connectivity index (χ0n) is 33.4. The Morgan fingerprint density at radius 2 is 1.02 bits per heavy atom. The SMILES string of the molecule is Cc1ccc(-c2cc(-c3cc(-c4ccccc4)nc(-c4ccccc4)n3)cc(-c3ccc(C(F)(F)F)cc3)c2-n2c3ccccc3c3cc(-c4ccccc4C#N)ccc32)cc1. The fourth-order valence-corrected chi connectivity index (χ4v) is 8.32. The highest BCUT2D eigenvalue weighted by atomic mass is 19.4. The summed E-state index contributed by atoms with van der Waals surface area (Å²) >= 11 is 0. The molecule has 0 atom stereocenters. The topological polar surface area (TPSA) is 54.5 Å². The monoisotopic (exact) mass is 808 g/mol. The molecule has 0 aliphatic rings. The molecule has 0 unspecified atom stereocenters. The minimum atomic E-state index is -4.51. The van der Waals surface area contributed by atoms with E-state index < -0.39 is 11.7 Å². The Morgan fingerprint density at radius 1 is 0.468 bits per heavy atom. The summed E-state index contributed by atoms with van der Waals surface area (Å²) in [6.45, 7) is 2.04. The third kappa shape index (κ3) is 6.98. The Bertz CT molecular complexity index is 3270. The Kier molecular flexibility index (Phi) is 9.54. The highest BCUT2D eigenvalue weighted by molar-refractivity contribution is 6.12. The molecule has 10 aromatic rings. The molecule has 2 aromatic heterocycles. The van der Waals surface area contributed by atoms with Gasteiger partial charge in [-0.3, -0.25) is 0 Å². The molecule has 0 saturated carbocycles. The number of halogens is 3. The maximum atomic E-state index is 14.1. The zero-order chi connectivity index (χ0) is 42.4. The molecule has 0 aliphatic carbocycles. The number of benzene rings is 8. The molecule has 2 heterocycles. The second-order valence-electron chi connectivity index (χ2n) is 15.3. The van der Waals surface area contributed by atoms with Crippen LogP contribution in [-0.2, 0) is 6.18 Å². The van der Waals surface area contributed by atoms with E-state index in [1.54, 1.807) is 12.1 Å². The Morgan fingerprint density at radius 3 is 1.68 bits per heavy atom. The molecule has 0 aliphatic heterocycles. The summed E-state index contributed by atoms with van der Waals surface area (Å²) in [4.78, 5) is 10.2. The van der Waals surface area contributed by atoms with E-state index in [0.717, 1.165) is 95.4 Å². The van der Waals surface area contributed by atoms with Crippen LogP contribution in [0.1, 0.15) is 16.7 Å². The normalized spacial score (nSPS) is 11.5. The lowest BCUT2D eigenvalue weighted by molar-refractivity contribution is -0.137. The molecule has 0 saturated heterocycles. The van der Waals surface area contributed by atoms with Crippen LogP contribution in [0.15, 0.2) is 194 Å². The van der Waals surface area contributed by atoms with E-state index in [-0.39, 0.29) is 0 Å². The van der Waals surface area contributed by atoms with Crippen LogP contribution >= 0.6 is 0 Å².